The molecule has 2 bridgehead atoms. The van der Waals surface area contributed by atoms with Gasteiger partial charge in [-0.15, -0.1) is 0 Å². The van der Waals surface area contributed by atoms with Gasteiger partial charge in [-0.2, -0.15) is 13.2 Å². The zero-order chi connectivity index (χ0) is 21.9. The SMILES string of the molecule is CC(C)N/C(=C\C(=N)OCC(F)(F)F)C(=O)Nc1ccc([C@@H]2O[C@H]3CN[C@@H]2C3)cc1. The third-order valence-corrected chi connectivity index (χ3v) is 4.68. The number of amides is 1. The molecule has 2 saturated heterocycles. The summed E-state index contributed by atoms with van der Waals surface area (Å²) in [5.74, 6) is -1.35. The predicted octanol–water partition coefficient (Wildman–Crippen LogP) is 2.86. The van der Waals surface area contributed by atoms with Crippen molar-refractivity contribution in [1.29, 1.82) is 5.41 Å². The molecule has 2 aliphatic rings. The lowest BCUT2D eigenvalue weighted by molar-refractivity contribution is -0.156. The van der Waals surface area contributed by atoms with Crippen molar-refractivity contribution >= 4 is 17.5 Å². The van der Waals surface area contributed by atoms with Crippen molar-refractivity contribution in [1.82, 2.24) is 10.6 Å². The molecule has 1 aromatic carbocycles. The highest BCUT2D eigenvalue weighted by Gasteiger charge is 2.41. The summed E-state index contributed by atoms with van der Waals surface area (Å²) in [7, 11) is 0. The summed E-state index contributed by atoms with van der Waals surface area (Å²) in [6, 6.07) is 7.33. The minimum atomic E-state index is -4.56. The van der Waals surface area contributed by atoms with Gasteiger partial charge in [0, 0.05) is 30.4 Å². The van der Waals surface area contributed by atoms with Crippen LogP contribution in [-0.4, -0.2) is 49.3 Å². The quantitative estimate of drug-likeness (QED) is 0.306. The van der Waals surface area contributed by atoms with Gasteiger partial charge >= 0.3 is 6.18 Å². The van der Waals surface area contributed by atoms with Crippen LogP contribution in [0.4, 0.5) is 18.9 Å². The van der Waals surface area contributed by atoms with Crippen molar-refractivity contribution in [3.05, 3.63) is 41.6 Å². The summed E-state index contributed by atoms with van der Waals surface area (Å²) in [4.78, 5) is 12.6. The number of rotatable bonds is 7. The first-order valence-corrected chi connectivity index (χ1v) is 9.67. The Bertz CT molecular complexity index is 809. The Balaban J connectivity index is 1.63. The molecule has 1 aromatic rings. The number of carbonyl (C=O) groups is 1. The fraction of sp³-hybridized carbons (Fsp3) is 0.500. The molecule has 0 aromatic heterocycles. The second-order valence-corrected chi connectivity index (χ2v) is 7.63. The van der Waals surface area contributed by atoms with Crippen LogP contribution in [0.1, 0.15) is 31.9 Å². The number of hydrogen-bond donors (Lipinski definition) is 4. The van der Waals surface area contributed by atoms with Gasteiger partial charge in [0.05, 0.1) is 12.2 Å². The molecule has 3 atom stereocenters. The molecule has 0 unspecified atom stereocenters. The number of hydrogen-bond acceptors (Lipinski definition) is 6. The lowest BCUT2D eigenvalue weighted by Crippen LogP contribution is -2.34. The van der Waals surface area contributed by atoms with E-state index in [1.54, 1.807) is 26.0 Å². The van der Waals surface area contributed by atoms with E-state index in [1.165, 1.54) is 0 Å². The Kier molecular flexibility index (Phi) is 6.67. The fourth-order valence-corrected chi connectivity index (χ4v) is 3.45. The number of benzene rings is 1. The maximum Gasteiger partial charge on any atom is 0.422 e. The van der Waals surface area contributed by atoms with E-state index in [0.717, 1.165) is 24.6 Å². The summed E-state index contributed by atoms with van der Waals surface area (Å²) in [6.45, 7) is 2.80. The molecule has 0 aliphatic carbocycles. The van der Waals surface area contributed by atoms with Crippen molar-refractivity contribution in [3.8, 4) is 0 Å². The molecule has 10 heteroatoms. The first-order chi connectivity index (χ1) is 14.1. The number of anilines is 1. The highest BCUT2D eigenvalue weighted by molar-refractivity contribution is 6.06. The fourth-order valence-electron chi connectivity index (χ4n) is 3.45. The van der Waals surface area contributed by atoms with Crippen LogP contribution >= 0.6 is 0 Å². The molecule has 2 heterocycles. The van der Waals surface area contributed by atoms with Crippen molar-refractivity contribution in [2.24, 2.45) is 0 Å². The molecule has 3 rings (SSSR count). The molecule has 7 nitrogen and oxygen atoms in total. The zero-order valence-electron chi connectivity index (χ0n) is 16.7. The number of morpholine rings is 1. The molecule has 0 radical (unpaired) electrons. The van der Waals surface area contributed by atoms with Crippen molar-refractivity contribution in [2.45, 2.75) is 50.7 Å². The van der Waals surface area contributed by atoms with Gasteiger partial charge in [0.15, 0.2) is 6.61 Å². The summed E-state index contributed by atoms with van der Waals surface area (Å²) in [6.07, 6.45) is -2.42. The molecule has 0 saturated carbocycles. The molecule has 4 N–H and O–H groups in total. The normalized spacial score (nSPS) is 23.5. The highest BCUT2D eigenvalue weighted by Crippen LogP contribution is 2.37. The molecule has 30 heavy (non-hydrogen) atoms. The molecular formula is C20H25F3N4O3. The molecule has 2 aliphatic heterocycles. The number of ether oxygens (including phenoxy) is 2. The van der Waals surface area contributed by atoms with Gasteiger partial charge < -0.3 is 25.4 Å². The van der Waals surface area contributed by atoms with Crippen molar-refractivity contribution in [2.75, 3.05) is 18.5 Å². The molecule has 1 amide bonds. The largest absolute Gasteiger partial charge is 0.468 e. The minimum absolute atomic E-state index is 0.0159. The van der Waals surface area contributed by atoms with Crippen LogP contribution in [-0.2, 0) is 14.3 Å². The molecule has 2 fully saturated rings. The van der Waals surface area contributed by atoms with Crippen LogP contribution in [0.3, 0.4) is 0 Å². The van der Waals surface area contributed by atoms with Gasteiger partial charge in [-0.25, -0.2) is 0 Å². The summed E-state index contributed by atoms with van der Waals surface area (Å²) in [5, 5.41) is 16.4. The van der Waals surface area contributed by atoms with Crippen LogP contribution in [0, 0.1) is 5.41 Å². The Morgan fingerprint density at radius 1 is 1.37 bits per heavy atom. The van der Waals surface area contributed by atoms with Gasteiger partial charge in [0.25, 0.3) is 5.91 Å². The number of alkyl halides is 3. The summed E-state index contributed by atoms with van der Waals surface area (Å²) in [5.41, 5.74) is 1.45. The first-order valence-electron chi connectivity index (χ1n) is 9.67. The van der Waals surface area contributed by atoms with E-state index in [4.69, 9.17) is 10.1 Å². The third-order valence-electron chi connectivity index (χ3n) is 4.68. The maximum atomic E-state index is 12.6. The number of carbonyl (C=O) groups excluding carboxylic acids is 1. The van der Waals surface area contributed by atoms with Crippen molar-refractivity contribution < 1.29 is 27.4 Å². The first kappa shape index (κ1) is 22.1. The topological polar surface area (TPSA) is 95.5 Å². The van der Waals surface area contributed by atoms with E-state index >= 15 is 0 Å². The van der Waals surface area contributed by atoms with Gasteiger partial charge in [-0.1, -0.05) is 12.1 Å². The number of fused-ring (bicyclic) bond motifs is 2. The minimum Gasteiger partial charge on any atom is -0.468 e. The maximum absolute atomic E-state index is 12.6. The van der Waals surface area contributed by atoms with E-state index in [-0.39, 0.29) is 23.9 Å². The third kappa shape index (κ3) is 5.96. The molecule has 164 valence electrons. The lowest BCUT2D eigenvalue weighted by atomic mass is 10.0. The van der Waals surface area contributed by atoms with Crippen LogP contribution < -0.4 is 16.0 Å². The van der Waals surface area contributed by atoms with E-state index in [0.29, 0.717) is 11.7 Å². The predicted molar refractivity (Wildman–Crippen MR) is 105 cm³/mol. The molecular weight excluding hydrogens is 401 g/mol. The second kappa shape index (κ2) is 9.05. The average molecular weight is 426 g/mol. The van der Waals surface area contributed by atoms with Gasteiger partial charge in [0.1, 0.15) is 5.70 Å². The van der Waals surface area contributed by atoms with Crippen LogP contribution in [0.5, 0.6) is 0 Å². The average Bonchev–Trinajstić information content (AvgIpc) is 3.29. The Hall–Kier alpha value is -2.59. The van der Waals surface area contributed by atoms with E-state index < -0.39 is 24.6 Å². The Morgan fingerprint density at radius 2 is 2.07 bits per heavy atom. The number of halogens is 3. The summed E-state index contributed by atoms with van der Waals surface area (Å²) >= 11 is 0. The summed E-state index contributed by atoms with van der Waals surface area (Å²) < 4.78 is 47.1. The van der Waals surface area contributed by atoms with Crippen LogP contribution in [0.2, 0.25) is 0 Å². The van der Waals surface area contributed by atoms with E-state index in [1.807, 2.05) is 12.1 Å². The lowest BCUT2D eigenvalue weighted by Gasteiger charge is -2.23. The number of nitrogens with one attached hydrogen (secondary N) is 4. The second-order valence-electron chi connectivity index (χ2n) is 7.63. The highest BCUT2D eigenvalue weighted by atomic mass is 19.4. The standard InChI is InChI=1S/C20H25F3N4O3/c1-11(2)26-16(8-17(24)29-10-20(21,22)23)19(28)27-13-5-3-12(4-6-13)18-15-7-14(30-18)9-25-15/h3-6,8,11,14-15,18,24-26H,7,9-10H2,1-2H3,(H,27,28)/b16-8-,24-17?/t14-,15-,18+/m1/s1. The van der Waals surface area contributed by atoms with Gasteiger partial charge in [-0.05, 0) is 38.0 Å². The van der Waals surface area contributed by atoms with Crippen LogP contribution in [0.25, 0.3) is 0 Å². The van der Waals surface area contributed by atoms with Gasteiger partial charge in [-0.3, -0.25) is 10.2 Å². The van der Waals surface area contributed by atoms with E-state index in [9.17, 15) is 18.0 Å². The Labute approximate surface area is 172 Å². The van der Waals surface area contributed by atoms with Crippen molar-refractivity contribution in [3.63, 3.8) is 0 Å². The smallest absolute Gasteiger partial charge is 0.422 e. The Morgan fingerprint density at radius 3 is 2.60 bits per heavy atom. The van der Waals surface area contributed by atoms with Crippen LogP contribution in [0.15, 0.2) is 36.0 Å². The molecule has 0 spiro atoms. The zero-order valence-corrected chi connectivity index (χ0v) is 16.7. The monoisotopic (exact) mass is 426 g/mol. The van der Waals surface area contributed by atoms with E-state index in [2.05, 4.69) is 20.7 Å². The van der Waals surface area contributed by atoms with Gasteiger partial charge in [0.2, 0.25) is 5.90 Å².